The van der Waals surface area contributed by atoms with Crippen molar-refractivity contribution >= 4 is 23.4 Å². The summed E-state index contributed by atoms with van der Waals surface area (Å²) in [5.74, 6) is 0.141. The average Bonchev–Trinajstić information content (AvgIpc) is 2.79. The minimum Gasteiger partial charge on any atom is -0.490 e. The molecule has 2 aromatic rings. The summed E-state index contributed by atoms with van der Waals surface area (Å²) < 4.78 is 16.9. The molecule has 1 heterocycles. The number of hydrogen-bond donors (Lipinski definition) is 3. The molecule has 0 saturated carbocycles. The lowest BCUT2D eigenvalue weighted by Crippen LogP contribution is -2.41. The van der Waals surface area contributed by atoms with Crippen molar-refractivity contribution in [2.75, 3.05) is 25.1 Å². The standard InChI is InChI=1S/C23H27N3O6/c1-4-30-18-12-16(13-19(31-5-2)21(18)32-6-3)23(29)26-25-22(28)15-7-9-17-14(11-15)8-10-20(27)24-17/h7,9,11-13H,4-6,8,10H2,1-3H3,(H,24,27)(H,25,28)(H,26,29). The van der Waals surface area contributed by atoms with Gasteiger partial charge in [-0.05, 0) is 63.1 Å². The van der Waals surface area contributed by atoms with E-state index in [4.69, 9.17) is 14.2 Å². The second-order valence-corrected chi connectivity index (χ2v) is 6.93. The summed E-state index contributed by atoms with van der Waals surface area (Å²) in [5, 5.41) is 2.77. The zero-order chi connectivity index (χ0) is 23.1. The highest BCUT2D eigenvalue weighted by Gasteiger charge is 2.20. The van der Waals surface area contributed by atoms with Gasteiger partial charge in [-0.3, -0.25) is 25.2 Å². The van der Waals surface area contributed by atoms with Crippen LogP contribution in [0.25, 0.3) is 0 Å². The molecule has 170 valence electrons. The molecule has 9 nitrogen and oxygen atoms in total. The monoisotopic (exact) mass is 441 g/mol. The van der Waals surface area contributed by atoms with Crippen LogP contribution in [0.15, 0.2) is 30.3 Å². The molecule has 2 aromatic carbocycles. The van der Waals surface area contributed by atoms with Crippen LogP contribution in [0.4, 0.5) is 5.69 Å². The van der Waals surface area contributed by atoms with E-state index in [1.165, 1.54) is 0 Å². The summed E-state index contributed by atoms with van der Waals surface area (Å²) in [6.45, 7) is 6.67. The zero-order valence-corrected chi connectivity index (χ0v) is 18.4. The lowest BCUT2D eigenvalue weighted by Gasteiger charge is -2.18. The number of fused-ring (bicyclic) bond motifs is 1. The molecule has 0 bridgehead atoms. The second-order valence-electron chi connectivity index (χ2n) is 6.93. The Bertz CT molecular complexity index is 994. The number of amides is 3. The smallest absolute Gasteiger partial charge is 0.269 e. The van der Waals surface area contributed by atoms with Gasteiger partial charge in [0.15, 0.2) is 11.5 Å². The number of hydrazine groups is 1. The van der Waals surface area contributed by atoms with Crippen molar-refractivity contribution < 1.29 is 28.6 Å². The fourth-order valence-electron chi connectivity index (χ4n) is 3.30. The fraction of sp³-hybridized carbons (Fsp3) is 0.348. The molecular weight excluding hydrogens is 414 g/mol. The SMILES string of the molecule is CCOc1cc(C(=O)NNC(=O)c2ccc3c(c2)CCC(=O)N3)cc(OCC)c1OCC. The van der Waals surface area contributed by atoms with Crippen molar-refractivity contribution in [1.82, 2.24) is 10.9 Å². The quantitative estimate of drug-likeness (QED) is 0.543. The van der Waals surface area contributed by atoms with Crippen LogP contribution in [0.2, 0.25) is 0 Å². The van der Waals surface area contributed by atoms with Gasteiger partial charge in [0.1, 0.15) is 0 Å². The molecule has 0 saturated heterocycles. The Labute approximate surface area is 186 Å². The van der Waals surface area contributed by atoms with Crippen LogP contribution in [0.1, 0.15) is 53.5 Å². The van der Waals surface area contributed by atoms with Crippen molar-refractivity contribution in [2.45, 2.75) is 33.6 Å². The third-order valence-corrected chi connectivity index (χ3v) is 4.72. The molecule has 3 N–H and O–H groups in total. The fourth-order valence-corrected chi connectivity index (χ4v) is 3.30. The Hall–Kier alpha value is -3.75. The predicted octanol–water partition coefficient (Wildman–Crippen LogP) is 2.84. The van der Waals surface area contributed by atoms with E-state index in [2.05, 4.69) is 16.2 Å². The van der Waals surface area contributed by atoms with Crippen LogP contribution in [0.3, 0.4) is 0 Å². The highest BCUT2D eigenvalue weighted by molar-refractivity contribution is 6.01. The molecule has 0 aliphatic carbocycles. The number of carbonyl (C=O) groups is 3. The first-order valence-electron chi connectivity index (χ1n) is 10.6. The number of benzene rings is 2. The summed E-state index contributed by atoms with van der Waals surface area (Å²) in [5.41, 5.74) is 7.02. The zero-order valence-electron chi connectivity index (χ0n) is 18.4. The van der Waals surface area contributed by atoms with Gasteiger partial charge < -0.3 is 19.5 Å². The normalized spacial score (nSPS) is 12.3. The maximum absolute atomic E-state index is 12.7. The van der Waals surface area contributed by atoms with Gasteiger partial charge in [-0.2, -0.15) is 0 Å². The largest absolute Gasteiger partial charge is 0.490 e. The molecule has 32 heavy (non-hydrogen) atoms. The Balaban J connectivity index is 1.73. The molecule has 0 unspecified atom stereocenters. The molecule has 9 heteroatoms. The number of aryl methyl sites for hydroxylation is 1. The van der Waals surface area contributed by atoms with Gasteiger partial charge in [0.2, 0.25) is 11.7 Å². The van der Waals surface area contributed by atoms with Crippen molar-refractivity contribution in [3.63, 3.8) is 0 Å². The van der Waals surface area contributed by atoms with E-state index in [0.29, 0.717) is 61.2 Å². The van der Waals surface area contributed by atoms with Crippen molar-refractivity contribution in [3.05, 3.63) is 47.0 Å². The van der Waals surface area contributed by atoms with Gasteiger partial charge in [0.05, 0.1) is 19.8 Å². The van der Waals surface area contributed by atoms with Gasteiger partial charge in [-0.15, -0.1) is 0 Å². The van der Waals surface area contributed by atoms with Crippen molar-refractivity contribution in [3.8, 4) is 17.2 Å². The average molecular weight is 441 g/mol. The molecule has 0 fully saturated rings. The summed E-state index contributed by atoms with van der Waals surface area (Å²) in [4.78, 5) is 36.7. The van der Waals surface area contributed by atoms with E-state index in [1.807, 2.05) is 20.8 Å². The minimum absolute atomic E-state index is 0.0461. The van der Waals surface area contributed by atoms with Gasteiger partial charge in [-0.25, -0.2) is 0 Å². The van der Waals surface area contributed by atoms with Crippen LogP contribution in [0.5, 0.6) is 17.2 Å². The van der Waals surface area contributed by atoms with Gasteiger partial charge in [0, 0.05) is 23.2 Å². The van der Waals surface area contributed by atoms with E-state index in [1.54, 1.807) is 30.3 Å². The van der Waals surface area contributed by atoms with E-state index < -0.39 is 11.8 Å². The molecule has 1 aliphatic heterocycles. The Kier molecular flexibility index (Phi) is 7.54. The van der Waals surface area contributed by atoms with E-state index in [0.717, 1.165) is 5.56 Å². The minimum atomic E-state index is -0.534. The number of carbonyl (C=O) groups excluding carboxylic acids is 3. The predicted molar refractivity (Wildman–Crippen MR) is 118 cm³/mol. The van der Waals surface area contributed by atoms with Crippen LogP contribution in [-0.4, -0.2) is 37.5 Å². The molecule has 0 spiro atoms. The maximum Gasteiger partial charge on any atom is 0.269 e. The first-order chi connectivity index (χ1) is 15.5. The molecule has 3 rings (SSSR count). The molecular formula is C23H27N3O6. The van der Waals surface area contributed by atoms with E-state index in [9.17, 15) is 14.4 Å². The summed E-state index contributed by atoms with van der Waals surface area (Å²) in [6.07, 6.45) is 0.929. The van der Waals surface area contributed by atoms with Crippen molar-refractivity contribution in [2.24, 2.45) is 0 Å². The van der Waals surface area contributed by atoms with Gasteiger partial charge >= 0.3 is 0 Å². The number of hydrogen-bond acceptors (Lipinski definition) is 6. The van der Waals surface area contributed by atoms with Crippen molar-refractivity contribution in [1.29, 1.82) is 0 Å². The molecule has 1 aliphatic rings. The molecule has 3 amide bonds. The Morgan fingerprint density at radius 2 is 1.44 bits per heavy atom. The van der Waals surface area contributed by atoms with Crippen LogP contribution in [0, 0.1) is 0 Å². The maximum atomic E-state index is 12.7. The van der Waals surface area contributed by atoms with Crippen LogP contribution < -0.4 is 30.4 Å². The molecule has 0 aromatic heterocycles. The highest BCUT2D eigenvalue weighted by Crippen LogP contribution is 2.39. The Morgan fingerprint density at radius 3 is 2.03 bits per heavy atom. The number of nitrogens with one attached hydrogen (secondary N) is 3. The first-order valence-corrected chi connectivity index (χ1v) is 10.6. The second kappa shape index (κ2) is 10.5. The number of anilines is 1. The van der Waals surface area contributed by atoms with Gasteiger partial charge in [-0.1, -0.05) is 0 Å². The lowest BCUT2D eigenvalue weighted by atomic mass is 10.0. The van der Waals surface area contributed by atoms with Crippen LogP contribution >= 0.6 is 0 Å². The number of ether oxygens (including phenoxy) is 3. The summed E-state index contributed by atoms with van der Waals surface area (Å²) in [7, 11) is 0. The van der Waals surface area contributed by atoms with E-state index >= 15 is 0 Å². The molecule has 0 atom stereocenters. The van der Waals surface area contributed by atoms with Gasteiger partial charge in [0.25, 0.3) is 11.8 Å². The third kappa shape index (κ3) is 5.29. The lowest BCUT2D eigenvalue weighted by molar-refractivity contribution is -0.116. The number of rotatable bonds is 8. The third-order valence-electron chi connectivity index (χ3n) is 4.72. The topological polar surface area (TPSA) is 115 Å². The highest BCUT2D eigenvalue weighted by atomic mass is 16.5. The summed E-state index contributed by atoms with van der Waals surface area (Å²) in [6, 6.07) is 8.05. The molecule has 0 radical (unpaired) electrons. The first kappa shape index (κ1) is 22.9. The van der Waals surface area contributed by atoms with Crippen LogP contribution in [-0.2, 0) is 11.2 Å². The Morgan fingerprint density at radius 1 is 0.844 bits per heavy atom. The summed E-state index contributed by atoms with van der Waals surface area (Å²) >= 11 is 0. The van der Waals surface area contributed by atoms with E-state index in [-0.39, 0.29) is 11.5 Å².